The van der Waals surface area contributed by atoms with Crippen LogP contribution >= 0.6 is 0 Å². The van der Waals surface area contributed by atoms with Gasteiger partial charge in [-0.15, -0.1) is 0 Å². The summed E-state index contributed by atoms with van der Waals surface area (Å²) in [5, 5.41) is 3.12. The van der Waals surface area contributed by atoms with E-state index >= 15 is 0 Å². The van der Waals surface area contributed by atoms with Crippen LogP contribution in [0.5, 0.6) is 0 Å². The van der Waals surface area contributed by atoms with Crippen molar-refractivity contribution in [2.24, 2.45) is 4.99 Å². The van der Waals surface area contributed by atoms with Crippen molar-refractivity contribution >= 4 is 12.1 Å². The minimum atomic E-state index is -0.542. The van der Waals surface area contributed by atoms with Gasteiger partial charge in [-0.05, 0) is 25.5 Å². The van der Waals surface area contributed by atoms with E-state index in [1.807, 2.05) is 4.90 Å². The number of hydrogen-bond acceptors (Lipinski definition) is 3. The monoisotopic (exact) mass is 354 g/mol. The molecule has 0 aromatic heterocycles. The first kappa shape index (κ1) is 19.0. The minimum Gasteiger partial charge on any atom is -0.450 e. The van der Waals surface area contributed by atoms with E-state index in [0.717, 1.165) is 0 Å². The van der Waals surface area contributed by atoms with E-state index in [0.29, 0.717) is 45.3 Å². The van der Waals surface area contributed by atoms with Gasteiger partial charge in [0, 0.05) is 45.3 Å². The Kier molecular flexibility index (Phi) is 6.97. The maximum atomic E-state index is 13.6. The van der Waals surface area contributed by atoms with E-state index < -0.39 is 11.6 Å². The number of hydrogen-bond donors (Lipinski definition) is 1. The fraction of sp³-hybridized carbons (Fsp3) is 0.529. The molecule has 1 amide bonds. The van der Waals surface area contributed by atoms with Crippen molar-refractivity contribution in [2.45, 2.75) is 13.3 Å². The van der Waals surface area contributed by atoms with Crippen LogP contribution in [0.3, 0.4) is 0 Å². The Morgan fingerprint density at radius 2 is 1.80 bits per heavy atom. The summed E-state index contributed by atoms with van der Waals surface area (Å²) in [6.45, 7) is 4.82. The second-order valence-electron chi connectivity index (χ2n) is 5.60. The number of nitrogens with zero attached hydrogens (tertiary/aromatic N) is 3. The Balaban J connectivity index is 1.83. The molecule has 0 radical (unpaired) electrons. The molecule has 1 fully saturated rings. The number of halogens is 2. The first-order valence-corrected chi connectivity index (χ1v) is 8.37. The number of benzene rings is 1. The van der Waals surface area contributed by atoms with Crippen LogP contribution in [-0.2, 0) is 11.2 Å². The number of carbonyl (C=O) groups excluding carboxylic acids is 1. The van der Waals surface area contributed by atoms with Crippen LogP contribution in [0.2, 0.25) is 0 Å². The summed E-state index contributed by atoms with van der Waals surface area (Å²) in [5.41, 5.74) is 0.0672. The molecule has 0 saturated carbocycles. The van der Waals surface area contributed by atoms with Gasteiger partial charge in [-0.25, -0.2) is 13.6 Å². The third-order valence-electron chi connectivity index (χ3n) is 4.04. The Morgan fingerprint density at radius 3 is 2.36 bits per heavy atom. The van der Waals surface area contributed by atoms with E-state index in [1.54, 1.807) is 18.9 Å². The summed E-state index contributed by atoms with van der Waals surface area (Å²) >= 11 is 0. The van der Waals surface area contributed by atoms with Crippen molar-refractivity contribution in [3.05, 3.63) is 35.4 Å². The molecular formula is C17H24F2N4O2. The van der Waals surface area contributed by atoms with Crippen LogP contribution in [0.1, 0.15) is 12.5 Å². The first-order chi connectivity index (χ1) is 12.1. The highest BCUT2D eigenvalue weighted by Gasteiger charge is 2.23. The molecule has 0 atom stereocenters. The van der Waals surface area contributed by atoms with Crippen LogP contribution in [0.15, 0.2) is 23.2 Å². The second kappa shape index (κ2) is 9.19. The van der Waals surface area contributed by atoms with Gasteiger partial charge in [0.15, 0.2) is 5.96 Å². The zero-order valence-electron chi connectivity index (χ0n) is 14.6. The van der Waals surface area contributed by atoms with Crippen molar-refractivity contribution in [3.63, 3.8) is 0 Å². The highest BCUT2D eigenvalue weighted by atomic mass is 19.1. The maximum Gasteiger partial charge on any atom is 0.409 e. The summed E-state index contributed by atoms with van der Waals surface area (Å²) in [5.74, 6) is -0.431. The summed E-state index contributed by atoms with van der Waals surface area (Å²) in [6, 6.07) is 3.85. The number of rotatable bonds is 4. The molecular weight excluding hydrogens is 330 g/mol. The maximum absolute atomic E-state index is 13.6. The molecule has 0 bridgehead atoms. The SMILES string of the molecule is CCOC(=O)N1CCN(C(=NC)NCCc2c(F)cccc2F)CC1. The van der Waals surface area contributed by atoms with Gasteiger partial charge in [0.25, 0.3) is 0 Å². The Bertz CT molecular complexity index is 596. The lowest BCUT2D eigenvalue weighted by molar-refractivity contribution is 0.0915. The molecule has 1 N–H and O–H groups in total. The summed E-state index contributed by atoms with van der Waals surface area (Å²) in [4.78, 5) is 19.6. The smallest absolute Gasteiger partial charge is 0.409 e. The van der Waals surface area contributed by atoms with Gasteiger partial charge >= 0.3 is 6.09 Å². The lowest BCUT2D eigenvalue weighted by Gasteiger charge is -2.35. The van der Waals surface area contributed by atoms with Gasteiger partial charge in [0.05, 0.1) is 6.61 Å². The average Bonchev–Trinajstić information content (AvgIpc) is 2.61. The van der Waals surface area contributed by atoms with Crippen LogP contribution in [0.4, 0.5) is 13.6 Å². The largest absolute Gasteiger partial charge is 0.450 e. The highest BCUT2D eigenvalue weighted by Crippen LogP contribution is 2.12. The predicted molar refractivity (Wildman–Crippen MR) is 91.6 cm³/mol. The lowest BCUT2D eigenvalue weighted by Crippen LogP contribution is -2.54. The molecule has 8 heteroatoms. The van der Waals surface area contributed by atoms with Crippen molar-refractivity contribution in [3.8, 4) is 0 Å². The third kappa shape index (κ3) is 5.04. The number of guanidine groups is 1. The van der Waals surface area contributed by atoms with E-state index in [4.69, 9.17) is 4.74 Å². The number of carbonyl (C=O) groups is 1. The lowest BCUT2D eigenvalue weighted by atomic mass is 10.1. The number of ether oxygens (including phenoxy) is 1. The number of amides is 1. The molecule has 2 rings (SSSR count). The molecule has 6 nitrogen and oxygen atoms in total. The molecule has 1 heterocycles. The van der Waals surface area contributed by atoms with Crippen molar-refractivity contribution in [2.75, 3.05) is 46.4 Å². The fourth-order valence-electron chi connectivity index (χ4n) is 2.72. The molecule has 25 heavy (non-hydrogen) atoms. The number of nitrogens with one attached hydrogen (secondary N) is 1. The van der Waals surface area contributed by atoms with Crippen LogP contribution < -0.4 is 5.32 Å². The Morgan fingerprint density at radius 1 is 1.20 bits per heavy atom. The van der Waals surface area contributed by atoms with Gasteiger partial charge in [0.2, 0.25) is 0 Å². The number of piperazine rings is 1. The highest BCUT2D eigenvalue weighted by molar-refractivity contribution is 5.80. The van der Waals surface area contributed by atoms with Crippen molar-refractivity contribution < 1.29 is 18.3 Å². The topological polar surface area (TPSA) is 57.2 Å². The normalized spacial score (nSPS) is 15.3. The van der Waals surface area contributed by atoms with Gasteiger partial charge in [-0.1, -0.05) is 6.07 Å². The van der Waals surface area contributed by atoms with Crippen LogP contribution in [0.25, 0.3) is 0 Å². The molecule has 0 unspecified atom stereocenters. The summed E-state index contributed by atoms with van der Waals surface area (Å²) in [6.07, 6.45) is -0.0829. The number of aliphatic imine (C=N–C) groups is 1. The summed E-state index contributed by atoms with van der Waals surface area (Å²) in [7, 11) is 1.66. The van der Waals surface area contributed by atoms with Crippen molar-refractivity contribution in [1.29, 1.82) is 0 Å². The minimum absolute atomic E-state index is 0.0672. The van der Waals surface area contributed by atoms with Crippen molar-refractivity contribution in [1.82, 2.24) is 15.1 Å². The van der Waals surface area contributed by atoms with E-state index in [2.05, 4.69) is 10.3 Å². The Labute approximate surface area is 146 Å². The predicted octanol–water partition coefficient (Wildman–Crippen LogP) is 1.86. The van der Waals surface area contributed by atoms with Gasteiger partial charge < -0.3 is 19.9 Å². The molecule has 1 aromatic rings. The van der Waals surface area contributed by atoms with E-state index in [9.17, 15) is 13.6 Å². The fourth-order valence-corrected chi connectivity index (χ4v) is 2.72. The summed E-state index contributed by atoms with van der Waals surface area (Å²) < 4.78 is 32.3. The quantitative estimate of drug-likeness (QED) is 0.662. The Hall–Kier alpha value is -2.38. The van der Waals surface area contributed by atoms with Gasteiger partial charge in [-0.2, -0.15) is 0 Å². The van der Waals surface area contributed by atoms with E-state index in [1.165, 1.54) is 18.2 Å². The van der Waals surface area contributed by atoms with Gasteiger partial charge in [-0.3, -0.25) is 4.99 Å². The van der Waals surface area contributed by atoms with Crippen LogP contribution in [-0.4, -0.2) is 68.2 Å². The van der Waals surface area contributed by atoms with Crippen LogP contribution in [0, 0.1) is 11.6 Å². The molecule has 0 aliphatic carbocycles. The molecule has 138 valence electrons. The molecule has 1 aliphatic heterocycles. The molecule has 0 spiro atoms. The third-order valence-corrected chi connectivity index (χ3v) is 4.04. The second-order valence-corrected chi connectivity index (χ2v) is 5.60. The van der Waals surface area contributed by atoms with E-state index in [-0.39, 0.29) is 18.1 Å². The molecule has 1 saturated heterocycles. The van der Waals surface area contributed by atoms with Gasteiger partial charge in [0.1, 0.15) is 11.6 Å². The average molecular weight is 354 g/mol. The zero-order valence-corrected chi connectivity index (χ0v) is 14.6. The zero-order chi connectivity index (χ0) is 18.2. The molecule has 1 aliphatic rings. The standard InChI is InChI=1S/C17H24F2N4O2/c1-3-25-17(24)23-11-9-22(10-12-23)16(20-2)21-8-7-13-14(18)5-4-6-15(13)19/h4-6H,3,7-12H2,1-2H3,(H,20,21). The molecule has 1 aromatic carbocycles. The first-order valence-electron chi connectivity index (χ1n) is 8.37.